The highest BCUT2D eigenvalue weighted by atomic mass is 16.2. The molecule has 5 rings (SSSR count). The molecular weight excluding hydrogens is 454 g/mol. The third-order valence-corrected chi connectivity index (χ3v) is 5.97. The van der Waals surface area contributed by atoms with Crippen LogP contribution in [-0.2, 0) is 17.8 Å². The van der Waals surface area contributed by atoms with Gasteiger partial charge in [-0.25, -0.2) is 0 Å². The minimum Gasteiger partial charge on any atom is -0.346 e. The number of H-pyrrole nitrogens is 1. The molecule has 0 bridgehead atoms. The van der Waals surface area contributed by atoms with Crippen LogP contribution in [0.5, 0.6) is 0 Å². The average molecular weight is 482 g/mol. The molecule has 3 heterocycles. The van der Waals surface area contributed by atoms with Crippen molar-refractivity contribution in [3.8, 4) is 0 Å². The maximum Gasteiger partial charge on any atom is 0.273 e. The molecular formula is C27H27N7O2. The molecule has 36 heavy (non-hydrogen) atoms. The average Bonchev–Trinajstić information content (AvgIpc) is 3.53. The van der Waals surface area contributed by atoms with Crippen molar-refractivity contribution in [3.05, 3.63) is 94.6 Å². The Balaban J connectivity index is 1.33. The summed E-state index contributed by atoms with van der Waals surface area (Å²) in [4.78, 5) is 25.4. The molecule has 0 saturated heterocycles. The molecule has 2 amide bonds. The van der Waals surface area contributed by atoms with Crippen LogP contribution in [0.4, 0.5) is 17.2 Å². The van der Waals surface area contributed by atoms with Crippen LogP contribution in [0.15, 0.2) is 60.8 Å². The molecule has 0 fully saturated rings. The fraction of sp³-hybridized carbons (Fsp3) is 0.185. The molecule has 182 valence electrons. The number of benzene rings is 2. The highest BCUT2D eigenvalue weighted by Crippen LogP contribution is 2.33. The number of aromatic nitrogens is 4. The van der Waals surface area contributed by atoms with Crippen molar-refractivity contribution in [2.45, 2.75) is 33.7 Å². The van der Waals surface area contributed by atoms with E-state index in [0.29, 0.717) is 30.1 Å². The van der Waals surface area contributed by atoms with Crippen molar-refractivity contribution in [1.82, 2.24) is 20.0 Å². The topological polar surface area (TPSA) is 117 Å². The number of hydrogen-bond acceptors (Lipinski definition) is 5. The van der Waals surface area contributed by atoms with E-state index in [-0.39, 0.29) is 11.8 Å². The van der Waals surface area contributed by atoms with E-state index < -0.39 is 0 Å². The van der Waals surface area contributed by atoms with Crippen LogP contribution in [0, 0.1) is 13.8 Å². The van der Waals surface area contributed by atoms with Gasteiger partial charge in [0.15, 0.2) is 0 Å². The smallest absolute Gasteiger partial charge is 0.273 e. The van der Waals surface area contributed by atoms with Gasteiger partial charge in [-0.15, -0.1) is 0 Å². The molecule has 0 atom stereocenters. The molecule has 0 spiro atoms. The van der Waals surface area contributed by atoms with Crippen molar-refractivity contribution in [2.24, 2.45) is 0 Å². The van der Waals surface area contributed by atoms with Gasteiger partial charge < -0.3 is 16.0 Å². The van der Waals surface area contributed by atoms with Gasteiger partial charge in [-0.05, 0) is 68.7 Å². The van der Waals surface area contributed by atoms with Crippen LogP contribution < -0.4 is 16.0 Å². The second-order valence-corrected chi connectivity index (χ2v) is 8.78. The van der Waals surface area contributed by atoms with Gasteiger partial charge in [-0.3, -0.25) is 19.4 Å². The fourth-order valence-electron chi connectivity index (χ4n) is 4.29. The summed E-state index contributed by atoms with van der Waals surface area (Å²) in [6.45, 7) is 6.34. The second-order valence-electron chi connectivity index (χ2n) is 8.78. The monoisotopic (exact) mass is 481 g/mol. The zero-order chi connectivity index (χ0) is 25.2. The summed E-state index contributed by atoms with van der Waals surface area (Å²) in [5.41, 5.74) is 7.20. The van der Waals surface area contributed by atoms with E-state index in [0.717, 1.165) is 39.5 Å². The van der Waals surface area contributed by atoms with Crippen molar-refractivity contribution in [2.75, 3.05) is 16.0 Å². The Labute approximate surface area is 208 Å². The third-order valence-electron chi connectivity index (χ3n) is 5.97. The van der Waals surface area contributed by atoms with E-state index in [1.54, 1.807) is 16.9 Å². The lowest BCUT2D eigenvalue weighted by molar-refractivity contribution is -0.110. The highest BCUT2D eigenvalue weighted by molar-refractivity contribution is 6.31. The molecule has 1 aliphatic heterocycles. The zero-order valence-corrected chi connectivity index (χ0v) is 20.3. The normalized spacial score (nSPS) is 13.5. The van der Waals surface area contributed by atoms with Crippen LogP contribution in [-0.4, -0.2) is 31.8 Å². The molecule has 9 nitrogen and oxygen atoms in total. The molecule has 1 aliphatic rings. The van der Waals surface area contributed by atoms with Gasteiger partial charge >= 0.3 is 0 Å². The van der Waals surface area contributed by atoms with E-state index >= 15 is 0 Å². The summed E-state index contributed by atoms with van der Waals surface area (Å²) >= 11 is 0. The summed E-state index contributed by atoms with van der Waals surface area (Å²) in [6, 6.07) is 17.4. The number of rotatable bonds is 7. The fourth-order valence-corrected chi connectivity index (χ4v) is 4.29. The first-order valence-electron chi connectivity index (χ1n) is 11.8. The molecule has 9 heteroatoms. The number of aromatic amines is 1. The number of hydrogen-bond donors (Lipinski definition) is 4. The highest BCUT2D eigenvalue weighted by Gasteiger charge is 2.24. The van der Waals surface area contributed by atoms with Crippen LogP contribution in [0.1, 0.15) is 45.5 Å². The van der Waals surface area contributed by atoms with Crippen LogP contribution in [0.3, 0.4) is 0 Å². The van der Waals surface area contributed by atoms with Crippen molar-refractivity contribution in [3.63, 3.8) is 0 Å². The first kappa shape index (κ1) is 23.1. The Morgan fingerprint density at radius 1 is 1.06 bits per heavy atom. The Bertz CT molecular complexity index is 1500. The maximum atomic E-state index is 12.8. The number of carbonyl (C=O) groups is 2. The Hall–Kier alpha value is -4.66. The molecule has 0 saturated carbocycles. The molecule has 4 aromatic rings. The van der Waals surface area contributed by atoms with E-state index in [1.807, 2.05) is 69.3 Å². The minimum absolute atomic E-state index is 0.155. The lowest BCUT2D eigenvalue weighted by atomic mass is 9.99. The molecule has 0 aliphatic carbocycles. The number of carbonyl (C=O) groups excluding carboxylic acids is 2. The number of anilines is 3. The molecule has 0 radical (unpaired) electrons. The van der Waals surface area contributed by atoms with Crippen LogP contribution in [0.25, 0.3) is 5.57 Å². The first-order valence-corrected chi connectivity index (χ1v) is 11.8. The number of nitrogens with one attached hydrogen (secondary N) is 4. The summed E-state index contributed by atoms with van der Waals surface area (Å²) in [6.07, 6.45) is 2.34. The van der Waals surface area contributed by atoms with Gasteiger partial charge in [0, 0.05) is 35.7 Å². The minimum atomic E-state index is -0.188. The SMILES string of the molecule is CCn1nc(C)cc1C(=O)Nc1cccc(Cc2ccc3c(c2)/C(=C/Nc2cc(C)n[nH]2)C(=O)N3)c1. The quantitative estimate of drug-likeness (QED) is 0.290. The van der Waals surface area contributed by atoms with E-state index in [9.17, 15) is 9.59 Å². The summed E-state index contributed by atoms with van der Waals surface area (Å²) in [7, 11) is 0. The first-order chi connectivity index (χ1) is 17.4. The number of nitrogens with zero attached hydrogens (tertiary/aromatic N) is 3. The standard InChI is InChI=1S/C27H27N7O2/c1-4-34-24(10-17(3)33-34)27(36)29-20-7-5-6-18(13-20)12-19-8-9-23-21(14-19)22(26(35)30-23)15-28-25-11-16(2)31-32-25/h5-11,13-15H,4,12H2,1-3H3,(H,29,36)(H,30,35)(H2,28,31,32)/b22-15-. The summed E-state index contributed by atoms with van der Waals surface area (Å²) in [5, 5.41) is 20.3. The van der Waals surface area contributed by atoms with E-state index in [2.05, 4.69) is 31.2 Å². The molecule has 2 aromatic heterocycles. The number of fused-ring (bicyclic) bond motifs is 1. The van der Waals surface area contributed by atoms with Gasteiger partial charge in [-0.2, -0.15) is 10.2 Å². The lowest BCUT2D eigenvalue weighted by Crippen LogP contribution is -2.17. The van der Waals surface area contributed by atoms with Crippen molar-refractivity contribution < 1.29 is 9.59 Å². The molecule has 2 aromatic carbocycles. The van der Waals surface area contributed by atoms with E-state index in [1.165, 1.54) is 0 Å². The van der Waals surface area contributed by atoms with Crippen LogP contribution in [0.2, 0.25) is 0 Å². The predicted molar refractivity (Wildman–Crippen MR) is 140 cm³/mol. The lowest BCUT2D eigenvalue weighted by Gasteiger charge is -2.09. The third kappa shape index (κ3) is 4.76. The number of amides is 2. The molecule has 0 unspecified atom stereocenters. The maximum absolute atomic E-state index is 12.8. The van der Waals surface area contributed by atoms with Crippen LogP contribution >= 0.6 is 0 Å². The van der Waals surface area contributed by atoms with Gasteiger partial charge in [0.2, 0.25) is 0 Å². The molecule has 4 N–H and O–H groups in total. The van der Waals surface area contributed by atoms with Crippen molar-refractivity contribution in [1.29, 1.82) is 0 Å². The predicted octanol–water partition coefficient (Wildman–Crippen LogP) is 4.49. The zero-order valence-electron chi connectivity index (χ0n) is 20.3. The Morgan fingerprint density at radius 2 is 1.89 bits per heavy atom. The summed E-state index contributed by atoms with van der Waals surface area (Å²) in [5.74, 6) is 0.372. The summed E-state index contributed by atoms with van der Waals surface area (Å²) < 4.78 is 1.70. The Kier molecular flexibility index (Phi) is 6.12. The van der Waals surface area contributed by atoms with Gasteiger partial charge in [0.05, 0.1) is 17.0 Å². The van der Waals surface area contributed by atoms with Gasteiger partial charge in [-0.1, -0.05) is 18.2 Å². The van der Waals surface area contributed by atoms with E-state index in [4.69, 9.17) is 0 Å². The van der Waals surface area contributed by atoms with Gasteiger partial charge in [0.1, 0.15) is 11.5 Å². The second kappa shape index (κ2) is 9.53. The van der Waals surface area contributed by atoms with Gasteiger partial charge in [0.25, 0.3) is 11.8 Å². The largest absolute Gasteiger partial charge is 0.346 e. The Morgan fingerprint density at radius 3 is 2.67 bits per heavy atom. The van der Waals surface area contributed by atoms with Crippen molar-refractivity contribution >= 4 is 34.6 Å². The number of aryl methyl sites for hydroxylation is 3.